The van der Waals surface area contributed by atoms with E-state index >= 15 is 0 Å². The van der Waals surface area contributed by atoms with E-state index in [2.05, 4.69) is 14.9 Å². The molecule has 0 aliphatic carbocycles. The van der Waals surface area contributed by atoms with Crippen molar-refractivity contribution in [1.29, 1.82) is 0 Å². The quantitative estimate of drug-likeness (QED) is 0.744. The number of sulfonamides is 1. The smallest absolute Gasteiger partial charge is 0.263 e. The minimum absolute atomic E-state index is 0.0348. The Morgan fingerprint density at radius 2 is 2.00 bits per heavy atom. The van der Waals surface area contributed by atoms with Crippen molar-refractivity contribution >= 4 is 21.7 Å². The van der Waals surface area contributed by atoms with Gasteiger partial charge in [0.2, 0.25) is 5.91 Å². The van der Waals surface area contributed by atoms with Crippen LogP contribution in [0.2, 0.25) is 0 Å². The number of hydrogen-bond donors (Lipinski definition) is 3. The second-order valence-corrected chi connectivity index (χ2v) is 6.20. The molecule has 1 aromatic carbocycles. The van der Waals surface area contributed by atoms with Gasteiger partial charge in [-0.3, -0.25) is 14.6 Å². The number of carbonyl (C=O) groups excluding carboxylic acids is 1. The number of nitrogens with one attached hydrogen (secondary N) is 2. The van der Waals surface area contributed by atoms with Crippen LogP contribution < -0.4 is 10.5 Å². The molecule has 21 heavy (non-hydrogen) atoms. The van der Waals surface area contributed by atoms with Gasteiger partial charge in [0.15, 0.2) is 5.82 Å². The molecule has 112 valence electrons. The van der Waals surface area contributed by atoms with Gasteiger partial charge < -0.3 is 5.73 Å². The minimum atomic E-state index is -3.74. The average molecular weight is 308 g/mol. The van der Waals surface area contributed by atoms with E-state index in [1.807, 2.05) is 6.92 Å². The lowest BCUT2D eigenvalue weighted by Crippen LogP contribution is -2.14. The number of benzene rings is 1. The number of carbonyl (C=O) groups is 1. The summed E-state index contributed by atoms with van der Waals surface area (Å²) >= 11 is 0. The number of aromatic amines is 1. The predicted octanol–water partition coefficient (Wildman–Crippen LogP) is 1.26. The van der Waals surface area contributed by atoms with E-state index in [1.54, 1.807) is 6.07 Å². The summed E-state index contributed by atoms with van der Waals surface area (Å²) in [6.07, 6.45) is 1.73. The normalized spacial score (nSPS) is 11.3. The average Bonchev–Trinajstić information content (AvgIpc) is 2.86. The number of nitrogens with two attached hydrogens (primary N) is 1. The molecule has 0 aliphatic heterocycles. The van der Waals surface area contributed by atoms with Gasteiger partial charge in [-0.05, 0) is 30.7 Å². The lowest BCUT2D eigenvalue weighted by Gasteiger charge is -2.05. The Hall–Kier alpha value is -2.35. The molecule has 4 N–H and O–H groups in total. The largest absolute Gasteiger partial charge is 0.366 e. The molecule has 0 atom stereocenters. The molecular formula is C13H16N4O3S. The molecule has 8 heteroatoms. The fraction of sp³-hybridized carbons (Fsp3) is 0.231. The van der Waals surface area contributed by atoms with Gasteiger partial charge >= 0.3 is 0 Å². The summed E-state index contributed by atoms with van der Waals surface area (Å²) in [5, 5.41) is 6.67. The van der Waals surface area contributed by atoms with Crippen LogP contribution >= 0.6 is 0 Å². The van der Waals surface area contributed by atoms with Crippen LogP contribution in [0.15, 0.2) is 35.2 Å². The van der Waals surface area contributed by atoms with Gasteiger partial charge in [0.25, 0.3) is 10.0 Å². The maximum atomic E-state index is 12.2. The molecule has 0 spiro atoms. The van der Waals surface area contributed by atoms with Crippen molar-refractivity contribution in [2.24, 2.45) is 5.73 Å². The lowest BCUT2D eigenvalue weighted by atomic mass is 10.2. The highest BCUT2D eigenvalue weighted by atomic mass is 32.2. The van der Waals surface area contributed by atoms with E-state index in [0.29, 0.717) is 0 Å². The molecule has 0 unspecified atom stereocenters. The molecule has 2 aromatic rings. The van der Waals surface area contributed by atoms with Gasteiger partial charge in [0, 0.05) is 17.3 Å². The van der Waals surface area contributed by atoms with E-state index in [9.17, 15) is 13.2 Å². The number of hydrogen-bond acceptors (Lipinski definition) is 4. The molecule has 1 amide bonds. The van der Waals surface area contributed by atoms with Crippen LogP contribution in [-0.4, -0.2) is 24.5 Å². The third-order valence-corrected chi connectivity index (χ3v) is 4.21. The third kappa shape index (κ3) is 3.60. The predicted molar refractivity (Wildman–Crippen MR) is 78.4 cm³/mol. The standard InChI is InChI=1S/C13H16N4O3S/c1-2-3-10-8-12(16-15-10)17-21(19,20)11-6-4-9(5-7-11)13(14)18/h4-8H,2-3H2,1H3,(H2,14,18)(H2,15,16,17). The van der Waals surface area contributed by atoms with Crippen molar-refractivity contribution in [1.82, 2.24) is 10.2 Å². The molecular weight excluding hydrogens is 292 g/mol. The van der Waals surface area contributed by atoms with E-state index in [0.717, 1.165) is 18.5 Å². The number of nitrogens with zero attached hydrogens (tertiary/aromatic N) is 1. The van der Waals surface area contributed by atoms with Crippen LogP contribution in [0.1, 0.15) is 29.4 Å². The van der Waals surface area contributed by atoms with Gasteiger partial charge in [-0.2, -0.15) is 5.10 Å². The second kappa shape index (κ2) is 5.96. The topological polar surface area (TPSA) is 118 Å². The van der Waals surface area contributed by atoms with Gasteiger partial charge in [0.1, 0.15) is 0 Å². The van der Waals surface area contributed by atoms with Crippen LogP contribution in [0.5, 0.6) is 0 Å². The molecule has 0 saturated carbocycles. The van der Waals surface area contributed by atoms with Crippen LogP contribution in [-0.2, 0) is 16.4 Å². The number of primary amides is 1. The lowest BCUT2D eigenvalue weighted by molar-refractivity contribution is 0.1000. The SMILES string of the molecule is CCCc1cc(NS(=O)(=O)c2ccc(C(N)=O)cc2)n[nH]1. The maximum Gasteiger partial charge on any atom is 0.263 e. The van der Waals surface area contributed by atoms with Crippen molar-refractivity contribution in [3.63, 3.8) is 0 Å². The first-order chi connectivity index (χ1) is 9.92. The first-order valence-electron chi connectivity index (χ1n) is 6.39. The molecule has 0 radical (unpaired) electrons. The number of anilines is 1. The zero-order chi connectivity index (χ0) is 15.5. The number of amides is 1. The number of rotatable bonds is 6. The summed E-state index contributed by atoms with van der Waals surface area (Å²) in [7, 11) is -3.74. The molecule has 1 heterocycles. The maximum absolute atomic E-state index is 12.2. The first-order valence-corrected chi connectivity index (χ1v) is 7.87. The van der Waals surface area contributed by atoms with Gasteiger partial charge in [-0.25, -0.2) is 8.42 Å². The summed E-state index contributed by atoms with van der Waals surface area (Å²) in [5.74, 6) is -0.374. The first kappa shape index (κ1) is 15.0. The molecule has 2 rings (SSSR count). The molecule has 0 aliphatic rings. The van der Waals surface area contributed by atoms with Crippen molar-refractivity contribution in [2.45, 2.75) is 24.7 Å². The fourth-order valence-electron chi connectivity index (χ4n) is 1.81. The van der Waals surface area contributed by atoms with E-state index < -0.39 is 15.9 Å². The molecule has 1 aromatic heterocycles. The molecule has 0 bridgehead atoms. The van der Waals surface area contributed by atoms with Gasteiger partial charge in [0.05, 0.1) is 4.90 Å². The van der Waals surface area contributed by atoms with E-state index in [4.69, 9.17) is 5.73 Å². The Labute approximate surface area is 122 Å². The third-order valence-electron chi connectivity index (χ3n) is 2.84. The number of aromatic nitrogens is 2. The minimum Gasteiger partial charge on any atom is -0.366 e. The van der Waals surface area contributed by atoms with Gasteiger partial charge in [-0.15, -0.1) is 0 Å². The van der Waals surface area contributed by atoms with Crippen LogP contribution in [0.25, 0.3) is 0 Å². The van der Waals surface area contributed by atoms with Crippen molar-refractivity contribution in [3.05, 3.63) is 41.6 Å². The highest BCUT2D eigenvalue weighted by Crippen LogP contribution is 2.16. The van der Waals surface area contributed by atoms with Crippen LogP contribution in [0, 0.1) is 0 Å². The van der Waals surface area contributed by atoms with Crippen molar-refractivity contribution < 1.29 is 13.2 Å². The Kier molecular flexibility index (Phi) is 4.27. The van der Waals surface area contributed by atoms with Crippen LogP contribution in [0.3, 0.4) is 0 Å². The zero-order valence-electron chi connectivity index (χ0n) is 11.5. The Morgan fingerprint density at radius 1 is 1.33 bits per heavy atom. The summed E-state index contributed by atoms with van der Waals surface area (Å²) in [5.41, 5.74) is 6.22. The summed E-state index contributed by atoms with van der Waals surface area (Å²) in [6.45, 7) is 2.02. The van der Waals surface area contributed by atoms with Crippen molar-refractivity contribution in [3.8, 4) is 0 Å². The Bertz CT molecular complexity index is 735. The summed E-state index contributed by atoms with van der Waals surface area (Å²) in [4.78, 5) is 11.0. The molecule has 0 fully saturated rings. The van der Waals surface area contributed by atoms with Crippen molar-refractivity contribution in [2.75, 3.05) is 4.72 Å². The fourth-order valence-corrected chi connectivity index (χ4v) is 2.80. The monoisotopic (exact) mass is 308 g/mol. The highest BCUT2D eigenvalue weighted by Gasteiger charge is 2.16. The van der Waals surface area contributed by atoms with Crippen LogP contribution in [0.4, 0.5) is 5.82 Å². The number of H-pyrrole nitrogens is 1. The number of aryl methyl sites for hydroxylation is 1. The summed E-state index contributed by atoms with van der Waals surface area (Å²) in [6, 6.07) is 7.02. The Morgan fingerprint density at radius 3 is 2.57 bits per heavy atom. The highest BCUT2D eigenvalue weighted by molar-refractivity contribution is 7.92. The summed E-state index contributed by atoms with van der Waals surface area (Å²) < 4.78 is 26.7. The molecule has 7 nitrogen and oxygen atoms in total. The van der Waals surface area contributed by atoms with E-state index in [1.165, 1.54) is 24.3 Å². The Balaban J connectivity index is 2.18. The zero-order valence-corrected chi connectivity index (χ0v) is 12.3. The van der Waals surface area contributed by atoms with E-state index in [-0.39, 0.29) is 16.3 Å². The molecule has 0 saturated heterocycles. The second-order valence-electron chi connectivity index (χ2n) is 4.52. The van der Waals surface area contributed by atoms with Gasteiger partial charge in [-0.1, -0.05) is 13.3 Å².